The Morgan fingerprint density at radius 2 is 2.11 bits per heavy atom. The van der Waals surface area contributed by atoms with Crippen LogP contribution in [-0.4, -0.2) is 23.3 Å². The normalized spacial score (nSPS) is 24.5. The van der Waals surface area contributed by atoms with Crippen LogP contribution >= 0.6 is 0 Å². The Labute approximate surface area is 157 Å². The first-order chi connectivity index (χ1) is 12.7. The van der Waals surface area contributed by atoms with Crippen molar-refractivity contribution in [2.24, 2.45) is 0 Å². The summed E-state index contributed by atoms with van der Waals surface area (Å²) in [7, 11) is 0. The van der Waals surface area contributed by atoms with Crippen LogP contribution in [-0.2, 0) is 9.53 Å². The maximum absolute atomic E-state index is 15.6. The molecule has 1 aliphatic carbocycles. The van der Waals surface area contributed by atoms with Crippen LogP contribution in [0.4, 0.5) is 14.9 Å². The zero-order valence-electron chi connectivity index (χ0n) is 15.6. The summed E-state index contributed by atoms with van der Waals surface area (Å²) in [5.41, 5.74) is -1.11. The average Bonchev–Trinajstić information content (AvgIpc) is 3.23. The second-order valence-corrected chi connectivity index (χ2v) is 8.18. The fourth-order valence-electron chi connectivity index (χ4n) is 4.04. The maximum atomic E-state index is 15.6. The number of furan rings is 1. The Morgan fingerprint density at radius 1 is 1.33 bits per heavy atom. The van der Waals surface area contributed by atoms with Gasteiger partial charge in [0.25, 0.3) is 5.91 Å². The molecule has 1 aliphatic heterocycles. The number of anilines is 1. The molecule has 0 N–H and O–H groups in total. The molecular formula is C21H22FNO4. The van der Waals surface area contributed by atoms with Gasteiger partial charge in [0.2, 0.25) is 0 Å². The molecule has 0 spiro atoms. The first-order valence-electron chi connectivity index (χ1n) is 9.15. The number of amides is 2. The number of carbonyl (C=O) groups excluding carboxylic acids is 2. The molecule has 1 fully saturated rings. The summed E-state index contributed by atoms with van der Waals surface area (Å²) in [6.07, 6.45) is 2.00. The van der Waals surface area contributed by atoms with Crippen LogP contribution in [0.3, 0.4) is 0 Å². The van der Waals surface area contributed by atoms with Crippen molar-refractivity contribution in [3.63, 3.8) is 0 Å². The van der Waals surface area contributed by atoms with Crippen molar-refractivity contribution >= 4 is 17.7 Å². The first-order valence-corrected chi connectivity index (χ1v) is 9.15. The first kappa shape index (κ1) is 17.8. The number of rotatable bonds is 1. The molecule has 0 radical (unpaired) electrons. The van der Waals surface area contributed by atoms with Gasteiger partial charge in [0.15, 0.2) is 5.67 Å². The second-order valence-electron chi connectivity index (χ2n) is 8.18. The molecule has 0 saturated heterocycles. The van der Waals surface area contributed by atoms with Crippen LogP contribution in [0.5, 0.6) is 0 Å². The molecule has 2 aromatic rings. The van der Waals surface area contributed by atoms with Crippen LogP contribution in [0, 0.1) is 0 Å². The Bertz CT molecular complexity index is 899. The second kappa shape index (κ2) is 5.94. The van der Waals surface area contributed by atoms with Gasteiger partial charge in [-0.15, -0.1) is 0 Å². The van der Waals surface area contributed by atoms with Crippen LogP contribution in [0.25, 0.3) is 11.3 Å². The third-order valence-electron chi connectivity index (χ3n) is 5.17. The lowest BCUT2D eigenvalue weighted by Gasteiger charge is -2.39. The molecule has 2 heterocycles. The van der Waals surface area contributed by atoms with Crippen LogP contribution in [0.15, 0.2) is 41.0 Å². The number of carbonyl (C=O) groups is 2. The minimum Gasteiger partial charge on any atom is -0.464 e. The van der Waals surface area contributed by atoms with Crippen molar-refractivity contribution in [1.29, 1.82) is 0 Å². The fraction of sp³-hybridized carbons (Fsp3) is 0.429. The van der Waals surface area contributed by atoms with Gasteiger partial charge in [-0.05, 0) is 63.8 Å². The predicted octanol–water partition coefficient (Wildman–Crippen LogP) is 5.20. The minimum absolute atomic E-state index is 0.120. The van der Waals surface area contributed by atoms with E-state index >= 15 is 4.39 Å². The van der Waals surface area contributed by atoms with Crippen molar-refractivity contribution < 1.29 is 23.1 Å². The molecule has 1 saturated carbocycles. The van der Waals surface area contributed by atoms with E-state index < -0.39 is 29.2 Å². The third kappa shape index (κ3) is 2.83. The largest absolute Gasteiger partial charge is 0.464 e. The molecule has 5 nitrogen and oxygen atoms in total. The number of alkyl halides is 1. The summed E-state index contributed by atoms with van der Waals surface area (Å²) in [6.45, 7) is 5.13. The summed E-state index contributed by atoms with van der Waals surface area (Å²) in [6, 6.07) is 8.88. The molecule has 2 atom stereocenters. The maximum Gasteiger partial charge on any atom is 0.421 e. The average molecular weight is 371 g/mol. The predicted molar refractivity (Wildman–Crippen MR) is 98.3 cm³/mol. The van der Waals surface area contributed by atoms with Gasteiger partial charge in [-0.25, -0.2) is 14.1 Å². The number of fused-ring (bicyclic) bond motifs is 3. The molecule has 27 heavy (non-hydrogen) atoms. The monoisotopic (exact) mass is 371 g/mol. The molecule has 2 amide bonds. The van der Waals surface area contributed by atoms with Gasteiger partial charge in [0, 0.05) is 11.5 Å². The van der Waals surface area contributed by atoms with Gasteiger partial charge in [-0.3, -0.25) is 4.79 Å². The molecule has 2 aliphatic rings. The van der Waals surface area contributed by atoms with Gasteiger partial charge < -0.3 is 9.15 Å². The number of imide groups is 1. The summed E-state index contributed by atoms with van der Waals surface area (Å²) in [4.78, 5) is 26.7. The zero-order chi connectivity index (χ0) is 19.4. The Morgan fingerprint density at radius 3 is 2.78 bits per heavy atom. The molecule has 142 valence electrons. The van der Waals surface area contributed by atoms with Crippen molar-refractivity contribution in [2.75, 3.05) is 4.90 Å². The summed E-state index contributed by atoms with van der Waals surface area (Å²) >= 11 is 0. The van der Waals surface area contributed by atoms with Crippen LogP contribution < -0.4 is 4.90 Å². The highest BCUT2D eigenvalue weighted by atomic mass is 19.1. The van der Waals surface area contributed by atoms with E-state index in [1.807, 2.05) is 6.07 Å². The Kier molecular flexibility index (Phi) is 3.91. The number of ether oxygens (including phenoxy) is 1. The zero-order valence-corrected chi connectivity index (χ0v) is 15.6. The third-order valence-corrected chi connectivity index (χ3v) is 5.17. The molecule has 1 aromatic carbocycles. The van der Waals surface area contributed by atoms with E-state index in [4.69, 9.17) is 9.15 Å². The van der Waals surface area contributed by atoms with Crippen molar-refractivity contribution in [1.82, 2.24) is 0 Å². The SMILES string of the molecule is CC(C)(C)OC(=O)N1C(=O)C2(F)CCCC2c2ccc(-c3ccco3)cc21. The van der Waals surface area contributed by atoms with Gasteiger partial charge in [-0.2, -0.15) is 0 Å². The number of nitrogens with zero attached hydrogens (tertiary/aromatic N) is 1. The number of halogens is 1. The Hall–Kier alpha value is -2.63. The van der Waals surface area contributed by atoms with Crippen molar-refractivity contribution in [2.45, 2.75) is 57.2 Å². The van der Waals surface area contributed by atoms with Gasteiger partial charge >= 0.3 is 6.09 Å². The van der Waals surface area contributed by atoms with Crippen LogP contribution in [0.1, 0.15) is 51.5 Å². The summed E-state index contributed by atoms with van der Waals surface area (Å²) in [5, 5.41) is 0. The van der Waals surface area contributed by atoms with Crippen molar-refractivity contribution in [3.8, 4) is 11.3 Å². The molecule has 4 rings (SSSR count). The van der Waals surface area contributed by atoms with Gasteiger partial charge in [-0.1, -0.05) is 12.1 Å². The highest BCUT2D eigenvalue weighted by Crippen LogP contribution is 2.53. The Balaban J connectivity index is 1.86. The highest BCUT2D eigenvalue weighted by molar-refractivity contribution is 6.18. The number of hydrogen-bond acceptors (Lipinski definition) is 4. The lowest BCUT2D eigenvalue weighted by molar-refractivity contribution is -0.131. The lowest BCUT2D eigenvalue weighted by Crippen LogP contribution is -2.55. The highest BCUT2D eigenvalue weighted by Gasteiger charge is 2.58. The molecule has 0 bridgehead atoms. The fourth-order valence-corrected chi connectivity index (χ4v) is 4.04. The number of hydrogen-bond donors (Lipinski definition) is 0. The van der Waals surface area contributed by atoms with E-state index in [1.165, 1.54) is 0 Å². The van der Waals surface area contributed by atoms with E-state index in [-0.39, 0.29) is 6.42 Å². The molecular weight excluding hydrogens is 349 g/mol. The van der Waals surface area contributed by atoms with E-state index in [0.717, 1.165) is 4.90 Å². The summed E-state index contributed by atoms with van der Waals surface area (Å²) in [5.74, 6) is -0.759. The molecule has 1 aromatic heterocycles. The minimum atomic E-state index is -2.06. The molecule has 2 unspecified atom stereocenters. The standard InChI is InChI=1S/C21H22FNO4/c1-20(2,3)27-19(25)23-16-12-13(17-7-5-11-26-17)8-9-14(16)15-6-4-10-21(15,22)18(23)24/h5,7-9,11-12,15H,4,6,10H2,1-3H3. The summed E-state index contributed by atoms with van der Waals surface area (Å²) < 4.78 is 26.5. The van der Waals surface area contributed by atoms with E-state index in [2.05, 4.69) is 0 Å². The van der Waals surface area contributed by atoms with E-state index in [1.54, 1.807) is 51.3 Å². The smallest absolute Gasteiger partial charge is 0.421 e. The lowest BCUT2D eigenvalue weighted by atomic mass is 9.80. The van der Waals surface area contributed by atoms with Gasteiger partial charge in [0.1, 0.15) is 11.4 Å². The topological polar surface area (TPSA) is 59.8 Å². The number of benzene rings is 1. The van der Waals surface area contributed by atoms with Gasteiger partial charge in [0.05, 0.1) is 12.0 Å². The van der Waals surface area contributed by atoms with E-state index in [0.29, 0.717) is 35.4 Å². The molecule has 6 heteroatoms. The van der Waals surface area contributed by atoms with Crippen LogP contribution in [0.2, 0.25) is 0 Å². The van der Waals surface area contributed by atoms with E-state index in [9.17, 15) is 9.59 Å². The quantitative estimate of drug-likeness (QED) is 0.691. The van der Waals surface area contributed by atoms with Crippen molar-refractivity contribution in [3.05, 3.63) is 42.2 Å².